The van der Waals surface area contributed by atoms with Gasteiger partial charge in [-0.05, 0) is 23.2 Å². The summed E-state index contributed by atoms with van der Waals surface area (Å²) in [6.07, 6.45) is 1.92. The Morgan fingerprint density at radius 2 is 2.22 bits per heavy atom. The molecule has 0 aliphatic heterocycles. The molecule has 0 saturated carbocycles. The highest BCUT2D eigenvalue weighted by molar-refractivity contribution is 6.30. The first-order chi connectivity index (χ1) is 8.56. The Balaban J connectivity index is 2.13. The maximum atomic E-state index is 5.88. The summed E-state index contributed by atoms with van der Waals surface area (Å²) in [6.45, 7) is 2.27. The number of benzene rings is 1. The zero-order chi connectivity index (χ0) is 13.1. The van der Waals surface area contributed by atoms with Crippen LogP contribution in [0, 0.1) is 6.92 Å². The predicted octanol–water partition coefficient (Wildman–Crippen LogP) is 2.03. The van der Waals surface area contributed by atoms with Crippen molar-refractivity contribution in [2.45, 2.75) is 13.5 Å². The lowest BCUT2D eigenvalue weighted by atomic mass is 10.3. The average Bonchev–Trinajstić information content (AvgIpc) is 2.32. The predicted molar refractivity (Wildman–Crippen MR) is 70.3 cm³/mol. The monoisotopic (exact) mass is 264 g/mol. The van der Waals surface area contributed by atoms with E-state index in [-0.39, 0.29) is 0 Å². The molecule has 0 unspecified atom stereocenters. The highest BCUT2D eigenvalue weighted by Gasteiger charge is 2.12. The van der Waals surface area contributed by atoms with E-state index in [1.165, 1.54) is 0 Å². The second-order valence-electron chi connectivity index (χ2n) is 4.06. The van der Waals surface area contributed by atoms with Crippen LogP contribution in [0.4, 0.5) is 5.82 Å². The van der Waals surface area contributed by atoms with Gasteiger partial charge in [-0.25, -0.2) is 4.57 Å². The third-order valence-electron chi connectivity index (χ3n) is 2.66. The second kappa shape index (κ2) is 5.23. The van der Waals surface area contributed by atoms with Gasteiger partial charge in [-0.15, -0.1) is 0 Å². The molecule has 2 rings (SSSR count). The van der Waals surface area contributed by atoms with Crippen molar-refractivity contribution < 1.29 is 9.30 Å². The first kappa shape index (κ1) is 12.6. The Morgan fingerprint density at radius 1 is 1.44 bits per heavy atom. The number of hydrogen-bond donors (Lipinski definition) is 1. The summed E-state index contributed by atoms with van der Waals surface area (Å²) < 4.78 is 7.54. The average molecular weight is 265 g/mol. The highest BCUT2D eigenvalue weighted by Crippen LogP contribution is 2.19. The number of anilines is 1. The van der Waals surface area contributed by atoms with Crippen molar-refractivity contribution in [2.24, 2.45) is 7.05 Å². The molecule has 1 heterocycles. The lowest BCUT2D eigenvalue weighted by Crippen LogP contribution is -2.34. The normalized spacial score (nSPS) is 10.4. The Bertz CT molecular complexity index is 572. The van der Waals surface area contributed by atoms with Crippen molar-refractivity contribution >= 4 is 17.4 Å². The fourth-order valence-corrected chi connectivity index (χ4v) is 1.73. The second-order valence-corrected chi connectivity index (χ2v) is 4.49. The molecular weight excluding hydrogens is 250 g/mol. The molecule has 0 saturated heterocycles. The van der Waals surface area contributed by atoms with E-state index in [9.17, 15) is 0 Å². The molecule has 0 bridgehead atoms. The third kappa shape index (κ3) is 2.90. The van der Waals surface area contributed by atoms with Gasteiger partial charge in [0.25, 0.3) is 5.82 Å². The Kier molecular flexibility index (Phi) is 3.67. The minimum Gasteiger partial charge on any atom is -0.488 e. The first-order valence-corrected chi connectivity index (χ1v) is 5.94. The number of rotatable bonds is 3. The minimum absolute atomic E-state index is 0.368. The largest absolute Gasteiger partial charge is 0.488 e. The van der Waals surface area contributed by atoms with Gasteiger partial charge in [0.1, 0.15) is 18.6 Å². The van der Waals surface area contributed by atoms with Gasteiger partial charge in [-0.1, -0.05) is 17.7 Å². The summed E-state index contributed by atoms with van der Waals surface area (Å²) in [7, 11) is 1.92. The number of aryl methyl sites for hydroxylation is 2. The highest BCUT2D eigenvalue weighted by atomic mass is 35.5. The summed E-state index contributed by atoms with van der Waals surface area (Å²) in [4.78, 5) is 4.24. The molecule has 18 heavy (non-hydrogen) atoms. The molecule has 4 nitrogen and oxygen atoms in total. The molecule has 0 amide bonds. The Morgan fingerprint density at radius 3 is 2.94 bits per heavy atom. The van der Waals surface area contributed by atoms with Gasteiger partial charge in [0.2, 0.25) is 5.82 Å². The maximum Gasteiger partial charge on any atom is 0.297 e. The van der Waals surface area contributed by atoms with E-state index >= 15 is 0 Å². The van der Waals surface area contributed by atoms with Crippen molar-refractivity contribution in [3.63, 3.8) is 0 Å². The summed E-state index contributed by atoms with van der Waals surface area (Å²) in [5, 5.41) is 0.646. The Labute approximate surface area is 111 Å². The standard InChI is InChI=1S/C13H14ClN3O/c1-9-16-13(15)10(7-17(9)2)8-18-12-5-3-4-11(14)6-12/h3-7,15H,8H2,1-2H3/p+1. The first-order valence-electron chi connectivity index (χ1n) is 5.56. The fraction of sp³-hybridized carbons (Fsp3) is 0.231. The lowest BCUT2D eigenvalue weighted by Gasteiger charge is -2.07. The van der Waals surface area contributed by atoms with Crippen LogP contribution in [0.25, 0.3) is 0 Å². The van der Waals surface area contributed by atoms with E-state index in [1.54, 1.807) is 12.1 Å². The van der Waals surface area contributed by atoms with E-state index in [1.807, 2.05) is 36.9 Å². The molecule has 94 valence electrons. The number of halogens is 1. The molecule has 5 heteroatoms. The number of aromatic nitrogens is 2. The van der Waals surface area contributed by atoms with E-state index in [4.69, 9.17) is 22.1 Å². The van der Waals surface area contributed by atoms with E-state index in [0.29, 0.717) is 23.2 Å². The van der Waals surface area contributed by atoms with Gasteiger partial charge in [-0.3, -0.25) is 0 Å². The molecule has 2 N–H and O–H groups in total. The SMILES string of the molecule is Cc1nc(N)c(COc2cccc(Cl)c2)c[n+]1C. The van der Waals surface area contributed by atoms with Crippen LogP contribution in [0.3, 0.4) is 0 Å². The molecule has 0 radical (unpaired) electrons. The number of nitrogens with two attached hydrogens (primary N) is 1. The van der Waals surface area contributed by atoms with Crippen LogP contribution in [0.15, 0.2) is 30.5 Å². The molecule has 0 aliphatic rings. The molecule has 0 atom stereocenters. The van der Waals surface area contributed by atoms with Crippen molar-refractivity contribution in [3.8, 4) is 5.75 Å². The smallest absolute Gasteiger partial charge is 0.297 e. The lowest BCUT2D eigenvalue weighted by molar-refractivity contribution is -0.681. The fourth-order valence-electron chi connectivity index (χ4n) is 1.55. The van der Waals surface area contributed by atoms with Crippen LogP contribution in [-0.4, -0.2) is 4.98 Å². The Hall–Kier alpha value is -1.81. The van der Waals surface area contributed by atoms with Gasteiger partial charge in [0.15, 0.2) is 0 Å². The molecule has 2 aromatic rings. The van der Waals surface area contributed by atoms with E-state index in [2.05, 4.69) is 4.98 Å². The third-order valence-corrected chi connectivity index (χ3v) is 2.90. The van der Waals surface area contributed by atoms with Gasteiger partial charge in [-0.2, -0.15) is 0 Å². The molecule has 0 aliphatic carbocycles. The van der Waals surface area contributed by atoms with Crippen LogP contribution in [-0.2, 0) is 13.7 Å². The summed E-state index contributed by atoms with van der Waals surface area (Å²) >= 11 is 5.88. The van der Waals surface area contributed by atoms with E-state index < -0.39 is 0 Å². The number of hydrogen-bond acceptors (Lipinski definition) is 3. The van der Waals surface area contributed by atoms with Crippen molar-refractivity contribution in [1.29, 1.82) is 0 Å². The molecule has 0 spiro atoms. The number of ether oxygens (including phenoxy) is 1. The molecule has 1 aromatic heterocycles. The van der Waals surface area contributed by atoms with Crippen LogP contribution in [0.1, 0.15) is 11.4 Å². The van der Waals surface area contributed by atoms with Crippen molar-refractivity contribution in [1.82, 2.24) is 4.98 Å². The number of nitrogen functional groups attached to an aromatic ring is 1. The topological polar surface area (TPSA) is 52.0 Å². The van der Waals surface area contributed by atoms with E-state index in [0.717, 1.165) is 11.4 Å². The maximum absolute atomic E-state index is 5.88. The van der Waals surface area contributed by atoms with Crippen LogP contribution in [0.5, 0.6) is 5.75 Å². The van der Waals surface area contributed by atoms with Gasteiger partial charge >= 0.3 is 0 Å². The van der Waals surface area contributed by atoms with Gasteiger partial charge < -0.3 is 10.5 Å². The summed E-state index contributed by atoms with van der Waals surface area (Å²) in [6, 6.07) is 7.26. The van der Waals surface area contributed by atoms with Gasteiger partial charge in [0.05, 0.1) is 12.6 Å². The zero-order valence-electron chi connectivity index (χ0n) is 10.4. The van der Waals surface area contributed by atoms with Crippen molar-refractivity contribution in [2.75, 3.05) is 5.73 Å². The van der Waals surface area contributed by atoms with Gasteiger partial charge in [0, 0.05) is 11.9 Å². The summed E-state index contributed by atoms with van der Waals surface area (Å²) in [5.41, 5.74) is 6.70. The van der Waals surface area contributed by atoms with Crippen LogP contribution in [0.2, 0.25) is 5.02 Å². The van der Waals surface area contributed by atoms with Crippen LogP contribution < -0.4 is 15.0 Å². The van der Waals surface area contributed by atoms with Crippen molar-refractivity contribution in [3.05, 3.63) is 46.9 Å². The number of nitrogens with zero attached hydrogens (tertiary/aromatic N) is 2. The minimum atomic E-state index is 0.368. The molecule has 0 fully saturated rings. The molecule has 1 aromatic carbocycles. The zero-order valence-corrected chi connectivity index (χ0v) is 11.1. The van der Waals surface area contributed by atoms with Crippen LogP contribution >= 0.6 is 11.6 Å². The molecular formula is C13H15ClN3O+. The summed E-state index contributed by atoms with van der Waals surface area (Å²) in [5.74, 6) is 2.07. The quantitative estimate of drug-likeness (QED) is 0.863.